The van der Waals surface area contributed by atoms with Gasteiger partial charge in [0.25, 0.3) is 0 Å². The minimum Gasteiger partial charge on any atom is -0.494 e. The number of para-hydroxylation sites is 1. The number of rotatable bonds is 5. The number of aromatic nitrogens is 3. The first-order valence-electron chi connectivity index (χ1n) is 11.5. The number of imidazole rings is 1. The van der Waals surface area contributed by atoms with Crippen molar-refractivity contribution >= 4 is 10.9 Å². The molecule has 6 nitrogen and oxygen atoms in total. The zero-order valence-corrected chi connectivity index (χ0v) is 18.9. The summed E-state index contributed by atoms with van der Waals surface area (Å²) in [7, 11) is 0. The lowest BCUT2D eigenvalue weighted by Crippen LogP contribution is -2.32. The van der Waals surface area contributed by atoms with Gasteiger partial charge in [-0.1, -0.05) is 60.7 Å². The molecule has 3 aromatic carbocycles. The zero-order chi connectivity index (χ0) is 23.2. The number of nitrogens with one attached hydrogen (secondary N) is 1. The van der Waals surface area contributed by atoms with Gasteiger partial charge in [0.15, 0.2) is 0 Å². The van der Waals surface area contributed by atoms with Crippen LogP contribution in [0.15, 0.2) is 83.7 Å². The van der Waals surface area contributed by atoms with Crippen LogP contribution in [0.4, 0.5) is 0 Å². The Balaban J connectivity index is 1.56. The van der Waals surface area contributed by atoms with Crippen molar-refractivity contribution in [3.63, 3.8) is 0 Å². The second-order valence-electron chi connectivity index (χ2n) is 8.64. The van der Waals surface area contributed by atoms with Crippen LogP contribution in [0, 0.1) is 0 Å². The van der Waals surface area contributed by atoms with Crippen LogP contribution in [-0.4, -0.2) is 25.8 Å². The highest BCUT2D eigenvalue weighted by molar-refractivity contribution is 5.86. The molecular weight excluding hydrogens is 426 g/mol. The van der Waals surface area contributed by atoms with Gasteiger partial charge in [-0.15, -0.1) is 0 Å². The Kier molecular flexibility index (Phi) is 4.80. The number of hydrogen-bond acceptors (Lipinski definition) is 3. The summed E-state index contributed by atoms with van der Waals surface area (Å²) in [4.78, 5) is 17.3. The van der Waals surface area contributed by atoms with E-state index in [1.165, 1.54) is 4.57 Å². The quantitative estimate of drug-likeness (QED) is 0.395. The highest BCUT2D eigenvalue weighted by Crippen LogP contribution is 2.41. The molecule has 0 radical (unpaired) electrons. The number of fused-ring (bicyclic) bond motifs is 4. The van der Waals surface area contributed by atoms with E-state index in [-0.39, 0.29) is 17.6 Å². The maximum atomic E-state index is 13.7. The van der Waals surface area contributed by atoms with Gasteiger partial charge in [0.2, 0.25) is 5.88 Å². The van der Waals surface area contributed by atoms with Crippen LogP contribution in [0.3, 0.4) is 0 Å². The van der Waals surface area contributed by atoms with Gasteiger partial charge in [-0.3, -0.25) is 9.13 Å². The lowest BCUT2D eigenvalue weighted by Gasteiger charge is -2.26. The minimum absolute atomic E-state index is 0.0284. The molecule has 6 rings (SSSR count). The predicted octanol–water partition coefficient (Wildman–Crippen LogP) is 4.83. The van der Waals surface area contributed by atoms with Crippen molar-refractivity contribution in [2.24, 2.45) is 0 Å². The van der Waals surface area contributed by atoms with Crippen molar-refractivity contribution in [3.05, 3.63) is 117 Å². The SMILES string of the molecule is CCOc1ccc([C@H]2c3[nH]c4ccccc4c3Cc3c(O)n(Cc4ccccc4)c(=O)n32)cc1. The topological polar surface area (TPSA) is 72.2 Å². The van der Waals surface area contributed by atoms with Crippen molar-refractivity contribution in [3.8, 4) is 11.6 Å². The largest absolute Gasteiger partial charge is 0.494 e. The van der Waals surface area contributed by atoms with Crippen molar-refractivity contribution in [2.75, 3.05) is 6.61 Å². The Morgan fingerprint density at radius 2 is 1.74 bits per heavy atom. The lowest BCUT2D eigenvalue weighted by atomic mass is 9.93. The summed E-state index contributed by atoms with van der Waals surface area (Å²) < 4.78 is 8.84. The molecule has 0 saturated heterocycles. The molecule has 1 atom stereocenters. The number of benzene rings is 3. The normalized spacial score (nSPS) is 14.7. The van der Waals surface area contributed by atoms with Crippen LogP contribution in [0.2, 0.25) is 0 Å². The van der Waals surface area contributed by atoms with Crippen molar-refractivity contribution < 1.29 is 9.84 Å². The molecule has 2 aromatic heterocycles. The van der Waals surface area contributed by atoms with Gasteiger partial charge in [0.05, 0.1) is 18.8 Å². The Morgan fingerprint density at radius 1 is 1.00 bits per heavy atom. The van der Waals surface area contributed by atoms with Crippen LogP contribution in [0.5, 0.6) is 11.6 Å². The van der Waals surface area contributed by atoms with Gasteiger partial charge in [-0.25, -0.2) is 4.79 Å². The number of hydrogen-bond donors (Lipinski definition) is 2. The molecule has 2 N–H and O–H groups in total. The molecule has 6 heteroatoms. The molecule has 1 aliphatic heterocycles. The second-order valence-corrected chi connectivity index (χ2v) is 8.64. The summed E-state index contributed by atoms with van der Waals surface area (Å²) in [5.74, 6) is 0.816. The van der Waals surface area contributed by atoms with E-state index in [2.05, 4.69) is 11.1 Å². The summed E-state index contributed by atoms with van der Waals surface area (Å²) in [6.45, 7) is 2.86. The average Bonchev–Trinajstić information content (AvgIpc) is 3.35. The maximum absolute atomic E-state index is 13.7. The standard InChI is InChI=1S/C28H25N3O3/c1-2-34-20-14-12-19(13-15-20)26-25-22(21-10-6-7-11-23(21)29-25)16-24-27(32)30(28(33)31(24)26)17-18-8-4-3-5-9-18/h3-15,26,29,32H,2,16-17H2,1H3/t26-/m0/s1. The van der Waals surface area contributed by atoms with E-state index >= 15 is 0 Å². The van der Waals surface area contributed by atoms with Gasteiger partial charge in [-0.05, 0) is 41.8 Å². The Hall–Kier alpha value is -4.19. The molecule has 0 fully saturated rings. The molecular formula is C28H25N3O3. The highest BCUT2D eigenvalue weighted by Gasteiger charge is 2.35. The summed E-state index contributed by atoms with van der Waals surface area (Å²) >= 11 is 0. The molecule has 170 valence electrons. The predicted molar refractivity (Wildman–Crippen MR) is 132 cm³/mol. The fraction of sp³-hybridized carbons (Fsp3) is 0.179. The van der Waals surface area contributed by atoms with Crippen LogP contribution in [0.1, 0.15) is 41.0 Å². The number of aromatic hydroxyl groups is 1. The molecule has 0 unspecified atom stereocenters. The number of ether oxygens (including phenoxy) is 1. The average molecular weight is 452 g/mol. The highest BCUT2D eigenvalue weighted by atomic mass is 16.5. The van der Waals surface area contributed by atoms with Crippen molar-refractivity contribution in [2.45, 2.75) is 25.9 Å². The fourth-order valence-electron chi connectivity index (χ4n) is 5.11. The summed E-state index contributed by atoms with van der Waals surface area (Å²) in [6, 6.07) is 25.4. The van der Waals surface area contributed by atoms with Crippen LogP contribution in [-0.2, 0) is 13.0 Å². The molecule has 34 heavy (non-hydrogen) atoms. The summed E-state index contributed by atoms with van der Waals surface area (Å²) in [6.07, 6.45) is 0.482. The monoisotopic (exact) mass is 451 g/mol. The van der Waals surface area contributed by atoms with E-state index in [4.69, 9.17) is 4.74 Å². The van der Waals surface area contributed by atoms with Crippen LogP contribution < -0.4 is 10.4 Å². The second kappa shape index (κ2) is 7.99. The third-order valence-corrected chi connectivity index (χ3v) is 6.65. The van der Waals surface area contributed by atoms with Crippen molar-refractivity contribution in [1.29, 1.82) is 0 Å². The number of aromatic amines is 1. The third-order valence-electron chi connectivity index (χ3n) is 6.65. The molecule has 0 spiro atoms. The Morgan fingerprint density at radius 3 is 2.50 bits per heavy atom. The Bertz CT molecular complexity index is 1540. The van der Waals surface area contributed by atoms with Gasteiger partial charge >= 0.3 is 5.69 Å². The zero-order valence-electron chi connectivity index (χ0n) is 18.9. The van der Waals surface area contributed by atoms with Crippen LogP contribution in [0.25, 0.3) is 10.9 Å². The molecule has 1 aliphatic rings. The smallest absolute Gasteiger partial charge is 0.332 e. The van der Waals surface area contributed by atoms with E-state index in [1.807, 2.05) is 79.7 Å². The first kappa shape index (κ1) is 20.4. The van der Waals surface area contributed by atoms with E-state index in [0.29, 0.717) is 25.3 Å². The van der Waals surface area contributed by atoms with Gasteiger partial charge in [0.1, 0.15) is 11.8 Å². The lowest BCUT2D eigenvalue weighted by molar-refractivity contribution is 0.340. The molecule has 0 aliphatic carbocycles. The molecule has 0 amide bonds. The Labute approximate surface area is 196 Å². The molecule has 3 heterocycles. The fourth-order valence-corrected chi connectivity index (χ4v) is 5.11. The summed E-state index contributed by atoms with van der Waals surface area (Å²) in [5, 5.41) is 12.4. The number of nitrogens with zero attached hydrogens (tertiary/aromatic N) is 2. The van der Waals surface area contributed by atoms with E-state index < -0.39 is 0 Å². The van der Waals surface area contributed by atoms with E-state index in [0.717, 1.165) is 39.0 Å². The maximum Gasteiger partial charge on any atom is 0.332 e. The third kappa shape index (κ3) is 3.14. The van der Waals surface area contributed by atoms with Gasteiger partial charge < -0.3 is 14.8 Å². The minimum atomic E-state index is -0.378. The van der Waals surface area contributed by atoms with Gasteiger partial charge in [-0.2, -0.15) is 0 Å². The molecule has 0 saturated carbocycles. The molecule has 5 aromatic rings. The number of H-pyrrole nitrogens is 1. The first-order chi connectivity index (χ1) is 16.7. The van der Waals surface area contributed by atoms with Crippen molar-refractivity contribution in [1.82, 2.24) is 14.1 Å². The van der Waals surface area contributed by atoms with E-state index in [1.54, 1.807) is 4.57 Å². The van der Waals surface area contributed by atoms with Gasteiger partial charge in [0, 0.05) is 23.0 Å². The molecule has 0 bridgehead atoms. The van der Waals surface area contributed by atoms with E-state index in [9.17, 15) is 9.90 Å². The summed E-state index contributed by atoms with van der Waals surface area (Å²) in [5.41, 5.74) is 5.45. The first-order valence-corrected chi connectivity index (χ1v) is 11.5. The van der Waals surface area contributed by atoms with Crippen LogP contribution >= 0.6 is 0 Å².